The maximum absolute atomic E-state index is 12.4. The summed E-state index contributed by atoms with van der Waals surface area (Å²) in [5, 5.41) is 3.44. The first kappa shape index (κ1) is 13.9. The van der Waals surface area contributed by atoms with Gasteiger partial charge in [-0.25, -0.2) is 4.79 Å². The van der Waals surface area contributed by atoms with E-state index in [0.717, 1.165) is 24.9 Å². The van der Waals surface area contributed by atoms with E-state index in [1.807, 2.05) is 19.1 Å². The van der Waals surface area contributed by atoms with Gasteiger partial charge in [-0.2, -0.15) is 0 Å². The number of benzene rings is 1. The summed E-state index contributed by atoms with van der Waals surface area (Å²) in [6, 6.07) is 8.17. The Labute approximate surface area is 115 Å². The van der Waals surface area contributed by atoms with Gasteiger partial charge >= 0.3 is 5.97 Å². The molecule has 0 saturated heterocycles. The molecule has 0 radical (unpaired) electrons. The Morgan fingerprint density at radius 2 is 1.95 bits per heavy atom. The number of ether oxygens (including phenoxy) is 1. The quantitative estimate of drug-likeness (QED) is 0.796. The van der Waals surface area contributed by atoms with Crippen molar-refractivity contribution < 1.29 is 9.53 Å². The van der Waals surface area contributed by atoms with Gasteiger partial charge in [-0.15, -0.1) is 0 Å². The molecule has 3 heteroatoms. The normalized spacial score (nSPS) is 17.6. The Morgan fingerprint density at radius 1 is 1.32 bits per heavy atom. The highest BCUT2D eigenvalue weighted by atomic mass is 16.5. The van der Waals surface area contributed by atoms with Gasteiger partial charge in [0.1, 0.15) is 5.54 Å². The minimum absolute atomic E-state index is 0.111. The lowest BCUT2D eigenvalue weighted by Gasteiger charge is -2.32. The molecule has 0 spiro atoms. The van der Waals surface area contributed by atoms with Gasteiger partial charge < -0.3 is 10.1 Å². The predicted molar refractivity (Wildman–Crippen MR) is 77.2 cm³/mol. The van der Waals surface area contributed by atoms with Crippen LogP contribution in [0.4, 0.5) is 5.69 Å². The lowest BCUT2D eigenvalue weighted by molar-refractivity contribution is -0.149. The van der Waals surface area contributed by atoms with Gasteiger partial charge in [0.05, 0.1) is 6.61 Å². The van der Waals surface area contributed by atoms with E-state index < -0.39 is 5.54 Å². The van der Waals surface area contributed by atoms with Crippen LogP contribution in [0.3, 0.4) is 0 Å². The van der Waals surface area contributed by atoms with Crippen molar-refractivity contribution in [2.24, 2.45) is 5.92 Å². The molecule has 0 heterocycles. The van der Waals surface area contributed by atoms with Crippen LogP contribution in [0.1, 0.15) is 38.7 Å². The van der Waals surface area contributed by atoms with Crippen molar-refractivity contribution in [2.45, 2.75) is 45.6 Å². The van der Waals surface area contributed by atoms with E-state index in [0.29, 0.717) is 12.5 Å². The molecule has 1 aromatic carbocycles. The fraction of sp³-hybridized carbons (Fsp3) is 0.562. The number of hydrogen-bond acceptors (Lipinski definition) is 3. The van der Waals surface area contributed by atoms with Crippen molar-refractivity contribution >= 4 is 11.7 Å². The molecule has 0 aliphatic heterocycles. The second kappa shape index (κ2) is 5.64. The van der Waals surface area contributed by atoms with E-state index in [-0.39, 0.29) is 5.97 Å². The van der Waals surface area contributed by atoms with E-state index in [1.54, 1.807) is 0 Å². The van der Waals surface area contributed by atoms with Crippen LogP contribution in [0.2, 0.25) is 0 Å². The number of carbonyl (C=O) groups is 1. The molecular formula is C16H23NO2. The molecule has 1 saturated carbocycles. The van der Waals surface area contributed by atoms with Gasteiger partial charge in [0.2, 0.25) is 0 Å². The lowest BCUT2D eigenvalue weighted by Crippen LogP contribution is -2.49. The van der Waals surface area contributed by atoms with Crippen LogP contribution in [0.5, 0.6) is 0 Å². The average Bonchev–Trinajstić information content (AvgIpc) is 3.23. The summed E-state index contributed by atoms with van der Waals surface area (Å²) >= 11 is 0. The highest BCUT2D eigenvalue weighted by Crippen LogP contribution is 2.44. The van der Waals surface area contributed by atoms with Crippen LogP contribution >= 0.6 is 0 Å². The maximum Gasteiger partial charge on any atom is 0.332 e. The van der Waals surface area contributed by atoms with Crippen molar-refractivity contribution in [1.29, 1.82) is 0 Å². The molecular weight excluding hydrogens is 238 g/mol. The van der Waals surface area contributed by atoms with Gasteiger partial charge in [-0.1, -0.05) is 24.6 Å². The minimum atomic E-state index is -0.550. The topological polar surface area (TPSA) is 38.3 Å². The highest BCUT2D eigenvalue weighted by molar-refractivity contribution is 5.85. The van der Waals surface area contributed by atoms with Crippen molar-refractivity contribution in [2.75, 3.05) is 11.9 Å². The summed E-state index contributed by atoms with van der Waals surface area (Å²) in [6.45, 7) is 6.40. The standard InChI is InChI=1S/C16H23NO2/c1-4-16(13-8-9-13,15(18)19-5-2)17-14-10-6-12(3)7-11-14/h6-7,10-11,13,17H,4-5,8-9H2,1-3H3. The molecule has 1 N–H and O–H groups in total. The minimum Gasteiger partial charge on any atom is -0.464 e. The Kier molecular flexibility index (Phi) is 4.13. The summed E-state index contributed by atoms with van der Waals surface area (Å²) in [7, 11) is 0. The van der Waals surface area contributed by atoms with Crippen LogP contribution < -0.4 is 5.32 Å². The van der Waals surface area contributed by atoms with Gasteiger partial charge in [0, 0.05) is 5.69 Å². The molecule has 104 valence electrons. The highest BCUT2D eigenvalue weighted by Gasteiger charge is 2.50. The van der Waals surface area contributed by atoms with Crippen LogP contribution in [-0.2, 0) is 9.53 Å². The third kappa shape index (κ3) is 2.91. The third-order valence-corrected chi connectivity index (χ3v) is 3.89. The van der Waals surface area contributed by atoms with Crippen LogP contribution in [0, 0.1) is 12.8 Å². The van der Waals surface area contributed by atoms with Gasteiger partial charge in [-0.3, -0.25) is 0 Å². The summed E-state index contributed by atoms with van der Waals surface area (Å²) in [4.78, 5) is 12.4. The van der Waals surface area contributed by atoms with Gasteiger partial charge in [0.15, 0.2) is 0 Å². The van der Waals surface area contributed by atoms with Crippen LogP contribution in [-0.4, -0.2) is 18.1 Å². The Hall–Kier alpha value is -1.51. The fourth-order valence-corrected chi connectivity index (χ4v) is 2.57. The number of rotatable bonds is 6. The Morgan fingerprint density at radius 3 is 2.42 bits per heavy atom. The zero-order valence-corrected chi connectivity index (χ0v) is 12.0. The molecule has 1 fully saturated rings. The van der Waals surface area contributed by atoms with E-state index in [9.17, 15) is 4.79 Å². The van der Waals surface area contributed by atoms with Crippen LogP contribution in [0.25, 0.3) is 0 Å². The van der Waals surface area contributed by atoms with E-state index in [1.165, 1.54) is 5.56 Å². The first-order chi connectivity index (χ1) is 9.12. The molecule has 0 bridgehead atoms. The Balaban J connectivity index is 2.22. The molecule has 1 aliphatic rings. The first-order valence-electron chi connectivity index (χ1n) is 7.14. The van der Waals surface area contributed by atoms with Crippen LogP contribution in [0.15, 0.2) is 24.3 Å². The summed E-state index contributed by atoms with van der Waals surface area (Å²) in [5.41, 5.74) is 1.66. The molecule has 0 aromatic heterocycles. The summed E-state index contributed by atoms with van der Waals surface area (Å²) in [5.74, 6) is 0.290. The monoisotopic (exact) mass is 261 g/mol. The average molecular weight is 261 g/mol. The van der Waals surface area contributed by atoms with E-state index in [2.05, 4.69) is 31.3 Å². The lowest BCUT2D eigenvalue weighted by atomic mass is 9.89. The summed E-state index contributed by atoms with van der Waals surface area (Å²) < 4.78 is 5.29. The maximum atomic E-state index is 12.4. The molecule has 2 rings (SSSR count). The molecule has 0 amide bonds. The van der Waals surface area contributed by atoms with E-state index in [4.69, 9.17) is 4.74 Å². The number of nitrogens with one attached hydrogen (secondary N) is 1. The first-order valence-corrected chi connectivity index (χ1v) is 7.14. The SMILES string of the molecule is CCOC(=O)C(CC)(Nc1ccc(C)cc1)C1CC1. The zero-order valence-electron chi connectivity index (χ0n) is 12.0. The largest absolute Gasteiger partial charge is 0.464 e. The second-order valence-corrected chi connectivity index (χ2v) is 5.31. The number of hydrogen-bond donors (Lipinski definition) is 1. The summed E-state index contributed by atoms with van der Waals surface area (Å²) in [6.07, 6.45) is 2.96. The van der Waals surface area contributed by atoms with Gasteiger partial charge in [0.25, 0.3) is 0 Å². The number of esters is 1. The third-order valence-electron chi connectivity index (χ3n) is 3.89. The molecule has 1 aromatic rings. The van der Waals surface area contributed by atoms with Crippen molar-refractivity contribution in [3.8, 4) is 0 Å². The second-order valence-electron chi connectivity index (χ2n) is 5.31. The molecule has 19 heavy (non-hydrogen) atoms. The predicted octanol–water partition coefficient (Wildman–Crippen LogP) is 3.53. The smallest absolute Gasteiger partial charge is 0.332 e. The van der Waals surface area contributed by atoms with Crippen molar-refractivity contribution in [1.82, 2.24) is 0 Å². The number of carbonyl (C=O) groups excluding carboxylic acids is 1. The zero-order chi connectivity index (χ0) is 13.9. The van der Waals surface area contributed by atoms with E-state index >= 15 is 0 Å². The molecule has 1 unspecified atom stereocenters. The Bertz CT molecular complexity index is 437. The molecule has 3 nitrogen and oxygen atoms in total. The van der Waals surface area contributed by atoms with Crippen molar-refractivity contribution in [3.05, 3.63) is 29.8 Å². The number of anilines is 1. The van der Waals surface area contributed by atoms with Crippen molar-refractivity contribution in [3.63, 3.8) is 0 Å². The van der Waals surface area contributed by atoms with Gasteiger partial charge in [-0.05, 0) is 51.2 Å². The molecule has 1 atom stereocenters. The fourth-order valence-electron chi connectivity index (χ4n) is 2.57. The molecule has 1 aliphatic carbocycles. The number of aryl methyl sites for hydroxylation is 1.